The Bertz CT molecular complexity index is 348. The molecule has 0 aromatic rings. The highest BCUT2D eigenvalue weighted by Crippen LogP contribution is 2.21. The quantitative estimate of drug-likeness (QED) is 0.583. The second-order valence-electron chi connectivity index (χ2n) is 3.01. The van der Waals surface area contributed by atoms with E-state index in [0.29, 0.717) is 19.3 Å². The molecule has 1 amide bonds. The van der Waals surface area contributed by atoms with Crippen molar-refractivity contribution in [2.24, 2.45) is 0 Å². The van der Waals surface area contributed by atoms with Crippen molar-refractivity contribution in [1.82, 2.24) is 4.72 Å². The van der Waals surface area contributed by atoms with Gasteiger partial charge in [0.25, 0.3) is 0 Å². The van der Waals surface area contributed by atoms with Crippen LogP contribution in [-0.4, -0.2) is 19.8 Å². The van der Waals surface area contributed by atoms with Gasteiger partial charge in [0.1, 0.15) is 0 Å². The van der Waals surface area contributed by atoms with Gasteiger partial charge in [-0.2, -0.15) is 21.6 Å². The van der Waals surface area contributed by atoms with Crippen LogP contribution in [-0.2, 0) is 14.8 Å². The standard InChI is InChI=1S/C8H12F3NO3S/c1-2-3-4-5-6-7(13)12-16(14,15)8(9,10)11/h2H,1,3-6H2,(H,12,13). The molecule has 0 fully saturated rings. The van der Waals surface area contributed by atoms with Crippen LogP contribution in [0.25, 0.3) is 0 Å². The molecule has 4 nitrogen and oxygen atoms in total. The third-order valence-electron chi connectivity index (χ3n) is 1.61. The smallest absolute Gasteiger partial charge is 0.274 e. The van der Waals surface area contributed by atoms with Gasteiger partial charge in [0.15, 0.2) is 0 Å². The van der Waals surface area contributed by atoms with Gasteiger partial charge in [0.2, 0.25) is 5.91 Å². The minimum Gasteiger partial charge on any atom is -0.274 e. The second kappa shape index (κ2) is 5.88. The number of nitrogens with one attached hydrogen (secondary N) is 1. The molecule has 0 aromatic carbocycles. The summed E-state index contributed by atoms with van der Waals surface area (Å²) in [6.07, 6.45) is 2.85. The van der Waals surface area contributed by atoms with Crippen molar-refractivity contribution in [3.63, 3.8) is 0 Å². The predicted octanol–water partition coefficient (Wildman–Crippen LogP) is 1.70. The van der Waals surface area contributed by atoms with Gasteiger partial charge < -0.3 is 0 Å². The van der Waals surface area contributed by atoms with Crippen LogP contribution in [0.15, 0.2) is 12.7 Å². The number of carbonyl (C=O) groups is 1. The Morgan fingerprint density at radius 2 is 1.88 bits per heavy atom. The average Bonchev–Trinajstić information content (AvgIpc) is 2.10. The largest absolute Gasteiger partial charge is 0.516 e. The summed E-state index contributed by atoms with van der Waals surface area (Å²) < 4.78 is 57.4. The molecule has 0 saturated carbocycles. The number of alkyl halides is 3. The summed E-state index contributed by atoms with van der Waals surface area (Å²) in [6, 6.07) is 0. The van der Waals surface area contributed by atoms with Gasteiger partial charge in [-0.05, 0) is 19.3 Å². The molecule has 0 spiro atoms. The van der Waals surface area contributed by atoms with Crippen LogP contribution in [0.4, 0.5) is 13.2 Å². The van der Waals surface area contributed by atoms with E-state index >= 15 is 0 Å². The van der Waals surface area contributed by atoms with Gasteiger partial charge in [0.05, 0.1) is 0 Å². The number of rotatable bonds is 6. The highest BCUT2D eigenvalue weighted by molar-refractivity contribution is 7.90. The van der Waals surface area contributed by atoms with Gasteiger partial charge >= 0.3 is 15.5 Å². The third kappa shape index (κ3) is 5.15. The van der Waals surface area contributed by atoms with Crippen LogP contribution < -0.4 is 4.72 Å². The van der Waals surface area contributed by atoms with Crippen molar-refractivity contribution in [3.05, 3.63) is 12.7 Å². The van der Waals surface area contributed by atoms with E-state index in [0.717, 1.165) is 4.72 Å². The van der Waals surface area contributed by atoms with Gasteiger partial charge in [-0.15, -0.1) is 6.58 Å². The molecule has 16 heavy (non-hydrogen) atoms. The molecule has 0 aliphatic carbocycles. The molecule has 0 heterocycles. The molecule has 8 heteroatoms. The lowest BCUT2D eigenvalue weighted by molar-refractivity contribution is -0.120. The average molecular weight is 259 g/mol. The first-order valence-corrected chi connectivity index (χ1v) is 5.92. The number of amides is 1. The molecule has 0 bridgehead atoms. The number of hydrogen-bond acceptors (Lipinski definition) is 3. The first kappa shape index (κ1) is 14.9. The Morgan fingerprint density at radius 1 is 1.31 bits per heavy atom. The lowest BCUT2D eigenvalue weighted by Gasteiger charge is -2.08. The number of sulfonamides is 1. The van der Waals surface area contributed by atoms with E-state index < -0.39 is 21.4 Å². The summed E-state index contributed by atoms with van der Waals surface area (Å²) >= 11 is 0. The number of allylic oxidation sites excluding steroid dienone is 1. The van der Waals surface area contributed by atoms with E-state index in [2.05, 4.69) is 6.58 Å². The zero-order valence-electron chi connectivity index (χ0n) is 8.38. The SMILES string of the molecule is C=CCCCCC(=O)NS(=O)(=O)C(F)(F)F. The van der Waals surface area contributed by atoms with Crippen LogP contribution in [0.1, 0.15) is 25.7 Å². The number of carbonyl (C=O) groups excluding carboxylic acids is 1. The normalized spacial score (nSPS) is 12.2. The summed E-state index contributed by atoms with van der Waals surface area (Å²) in [7, 11) is -5.56. The Hall–Kier alpha value is -1.05. The fourth-order valence-corrected chi connectivity index (χ4v) is 1.35. The molecule has 0 aliphatic heterocycles. The summed E-state index contributed by atoms with van der Waals surface area (Å²) in [5, 5.41) is 0. The van der Waals surface area contributed by atoms with Gasteiger partial charge in [-0.3, -0.25) is 4.79 Å². The summed E-state index contributed by atoms with van der Waals surface area (Å²) in [5.41, 5.74) is -5.45. The first-order valence-electron chi connectivity index (χ1n) is 4.43. The van der Waals surface area contributed by atoms with Crippen LogP contribution in [0, 0.1) is 0 Å². The fourth-order valence-electron chi connectivity index (χ4n) is 0.833. The van der Waals surface area contributed by atoms with E-state index in [1.54, 1.807) is 6.08 Å². The molecule has 0 atom stereocenters. The maximum Gasteiger partial charge on any atom is 0.516 e. The van der Waals surface area contributed by atoms with Gasteiger partial charge in [0, 0.05) is 6.42 Å². The van der Waals surface area contributed by atoms with Crippen LogP contribution >= 0.6 is 0 Å². The minimum absolute atomic E-state index is 0.261. The maximum absolute atomic E-state index is 11.8. The zero-order chi connectivity index (χ0) is 12.8. The monoisotopic (exact) mass is 259 g/mol. The number of hydrogen-bond donors (Lipinski definition) is 1. The highest BCUT2D eigenvalue weighted by atomic mass is 32.2. The molecule has 1 N–H and O–H groups in total. The lowest BCUT2D eigenvalue weighted by Crippen LogP contribution is -2.40. The lowest BCUT2D eigenvalue weighted by atomic mass is 10.2. The van der Waals surface area contributed by atoms with E-state index in [1.807, 2.05) is 0 Å². The molecule has 0 saturated heterocycles. The summed E-state index contributed by atoms with van der Waals surface area (Å²) in [5.74, 6) is -1.15. The first-order chi connectivity index (χ1) is 7.20. The summed E-state index contributed by atoms with van der Waals surface area (Å²) in [4.78, 5) is 10.9. The van der Waals surface area contributed by atoms with Crippen molar-refractivity contribution in [2.75, 3.05) is 0 Å². The molecular weight excluding hydrogens is 247 g/mol. The third-order valence-corrected chi connectivity index (χ3v) is 2.72. The molecule has 94 valence electrons. The Kier molecular flexibility index (Phi) is 5.49. The van der Waals surface area contributed by atoms with E-state index in [1.165, 1.54) is 0 Å². The number of unbranched alkanes of at least 4 members (excludes halogenated alkanes) is 2. The van der Waals surface area contributed by atoms with Crippen molar-refractivity contribution in [3.8, 4) is 0 Å². The van der Waals surface area contributed by atoms with Crippen LogP contribution in [0.3, 0.4) is 0 Å². The van der Waals surface area contributed by atoms with Crippen molar-refractivity contribution < 1.29 is 26.4 Å². The topological polar surface area (TPSA) is 63.2 Å². The maximum atomic E-state index is 11.8. The number of halogens is 3. The van der Waals surface area contributed by atoms with E-state index in [9.17, 15) is 26.4 Å². The van der Waals surface area contributed by atoms with Crippen LogP contribution in [0.5, 0.6) is 0 Å². The molecule has 0 rings (SSSR count). The summed E-state index contributed by atoms with van der Waals surface area (Å²) in [6.45, 7) is 3.42. The Morgan fingerprint density at radius 3 is 2.31 bits per heavy atom. The highest BCUT2D eigenvalue weighted by Gasteiger charge is 2.46. The zero-order valence-corrected chi connectivity index (χ0v) is 9.20. The van der Waals surface area contributed by atoms with Crippen molar-refractivity contribution >= 4 is 15.9 Å². The van der Waals surface area contributed by atoms with E-state index in [4.69, 9.17) is 0 Å². The van der Waals surface area contributed by atoms with Gasteiger partial charge in [-0.1, -0.05) is 6.08 Å². The predicted molar refractivity (Wildman–Crippen MR) is 51.8 cm³/mol. The second-order valence-corrected chi connectivity index (χ2v) is 4.68. The van der Waals surface area contributed by atoms with E-state index in [-0.39, 0.29) is 6.42 Å². The van der Waals surface area contributed by atoms with Gasteiger partial charge in [-0.25, -0.2) is 4.72 Å². The fraction of sp³-hybridized carbons (Fsp3) is 0.625. The minimum atomic E-state index is -5.56. The molecule has 0 aromatic heterocycles. The van der Waals surface area contributed by atoms with Crippen molar-refractivity contribution in [2.45, 2.75) is 31.2 Å². The molecule has 0 unspecified atom stereocenters. The van der Waals surface area contributed by atoms with Crippen molar-refractivity contribution in [1.29, 1.82) is 0 Å². The Labute approximate surface area is 91.6 Å². The Balaban J connectivity index is 4.11. The molecule has 0 aliphatic rings. The molecular formula is C8H12F3NO3S. The van der Waals surface area contributed by atoms with Crippen LogP contribution in [0.2, 0.25) is 0 Å². The molecule has 0 radical (unpaired) electrons.